The SMILES string of the molecule is C1CCOC1.CO[SiH](C)OC. The third-order valence-electron chi connectivity index (χ3n) is 1.49. The standard InChI is InChI=1S/C4H8O.C3H10O2Si/c1-2-4-5-3-1;1-4-6(3)5-2/h1-4H2;6H,1-3H3. The van der Waals surface area contributed by atoms with Gasteiger partial charge in [0.15, 0.2) is 0 Å². The second-order valence-electron chi connectivity index (χ2n) is 2.36. The van der Waals surface area contributed by atoms with E-state index in [2.05, 4.69) is 0 Å². The van der Waals surface area contributed by atoms with Gasteiger partial charge in [0, 0.05) is 27.4 Å². The first-order chi connectivity index (χ1) is 5.31. The Labute approximate surface area is 70.5 Å². The Kier molecular flexibility index (Phi) is 8.27. The highest BCUT2D eigenvalue weighted by molar-refractivity contribution is 6.42. The molecule has 1 heterocycles. The average molecular weight is 178 g/mol. The van der Waals surface area contributed by atoms with Crippen LogP contribution in [0.1, 0.15) is 12.8 Å². The molecule has 0 aromatic rings. The fourth-order valence-electron chi connectivity index (χ4n) is 0.607. The quantitative estimate of drug-likeness (QED) is 0.589. The van der Waals surface area contributed by atoms with Crippen LogP contribution < -0.4 is 0 Å². The number of rotatable bonds is 2. The highest BCUT2D eigenvalue weighted by Crippen LogP contribution is 1.98. The Hall–Kier alpha value is 0.0969. The van der Waals surface area contributed by atoms with Crippen LogP contribution in [0.5, 0.6) is 0 Å². The molecule has 0 N–H and O–H groups in total. The van der Waals surface area contributed by atoms with E-state index >= 15 is 0 Å². The van der Waals surface area contributed by atoms with Crippen LogP contribution >= 0.6 is 0 Å². The number of ether oxygens (including phenoxy) is 1. The Bertz CT molecular complexity index is 64.5. The van der Waals surface area contributed by atoms with E-state index in [1.165, 1.54) is 12.8 Å². The van der Waals surface area contributed by atoms with Crippen LogP contribution in [0.4, 0.5) is 0 Å². The van der Waals surface area contributed by atoms with E-state index in [4.69, 9.17) is 13.6 Å². The molecule has 1 rings (SSSR count). The number of hydrogen-bond acceptors (Lipinski definition) is 3. The largest absolute Gasteiger partial charge is 0.400 e. The molecule has 0 amide bonds. The van der Waals surface area contributed by atoms with E-state index in [9.17, 15) is 0 Å². The van der Waals surface area contributed by atoms with Gasteiger partial charge in [0.05, 0.1) is 0 Å². The van der Waals surface area contributed by atoms with E-state index in [1.54, 1.807) is 14.2 Å². The van der Waals surface area contributed by atoms with E-state index in [1.807, 2.05) is 6.55 Å². The second-order valence-corrected chi connectivity index (χ2v) is 4.44. The van der Waals surface area contributed by atoms with Crippen molar-refractivity contribution in [3.8, 4) is 0 Å². The lowest BCUT2D eigenvalue weighted by Crippen LogP contribution is -2.12. The second kappa shape index (κ2) is 8.20. The van der Waals surface area contributed by atoms with Crippen LogP contribution in [0, 0.1) is 0 Å². The van der Waals surface area contributed by atoms with Crippen molar-refractivity contribution in [3.63, 3.8) is 0 Å². The number of hydrogen-bond donors (Lipinski definition) is 0. The predicted molar refractivity (Wildman–Crippen MR) is 47.1 cm³/mol. The molecule has 0 aliphatic carbocycles. The highest BCUT2D eigenvalue weighted by atomic mass is 28.3. The predicted octanol–water partition coefficient (Wildman–Crippen LogP) is 0.926. The fraction of sp³-hybridized carbons (Fsp3) is 1.00. The molecule has 4 heteroatoms. The monoisotopic (exact) mass is 178 g/mol. The molecule has 1 aliphatic rings. The zero-order chi connectivity index (χ0) is 8.53. The van der Waals surface area contributed by atoms with Gasteiger partial charge >= 0.3 is 9.28 Å². The first-order valence-electron chi connectivity index (χ1n) is 3.94. The summed E-state index contributed by atoms with van der Waals surface area (Å²) in [7, 11) is 2.17. The molecule has 0 aromatic carbocycles. The summed E-state index contributed by atoms with van der Waals surface area (Å²) >= 11 is 0. The van der Waals surface area contributed by atoms with Crippen LogP contribution in [0.25, 0.3) is 0 Å². The Balaban J connectivity index is 0.000000183. The first-order valence-corrected chi connectivity index (χ1v) is 6.04. The fourth-order valence-corrected chi connectivity index (χ4v) is 0.799. The van der Waals surface area contributed by atoms with Crippen molar-refractivity contribution < 1.29 is 13.6 Å². The van der Waals surface area contributed by atoms with E-state index in [0.29, 0.717) is 0 Å². The van der Waals surface area contributed by atoms with Crippen LogP contribution in [-0.2, 0) is 13.6 Å². The summed E-state index contributed by atoms with van der Waals surface area (Å²) < 4.78 is 14.6. The maximum Gasteiger partial charge on any atom is 0.317 e. The van der Waals surface area contributed by atoms with Gasteiger partial charge in [0.2, 0.25) is 0 Å². The molecule has 0 aromatic heterocycles. The maximum absolute atomic E-state index is 4.94. The van der Waals surface area contributed by atoms with Gasteiger partial charge in [0.25, 0.3) is 0 Å². The van der Waals surface area contributed by atoms with Crippen LogP contribution in [0.3, 0.4) is 0 Å². The Morgan fingerprint density at radius 1 is 1.09 bits per heavy atom. The molecule has 1 fully saturated rings. The minimum atomic E-state index is -1.16. The van der Waals surface area contributed by atoms with E-state index in [-0.39, 0.29) is 0 Å². The molecule has 3 nitrogen and oxygen atoms in total. The molecule has 11 heavy (non-hydrogen) atoms. The van der Waals surface area contributed by atoms with Gasteiger partial charge in [-0.05, 0) is 19.4 Å². The first kappa shape index (κ1) is 11.1. The summed E-state index contributed by atoms with van der Waals surface area (Å²) in [4.78, 5) is 0. The van der Waals surface area contributed by atoms with E-state index in [0.717, 1.165) is 13.2 Å². The molecular weight excluding hydrogens is 160 g/mol. The molecule has 0 spiro atoms. The molecule has 0 saturated carbocycles. The Morgan fingerprint density at radius 3 is 1.64 bits per heavy atom. The minimum Gasteiger partial charge on any atom is -0.400 e. The van der Waals surface area contributed by atoms with Crippen LogP contribution in [0.15, 0.2) is 0 Å². The Morgan fingerprint density at radius 2 is 1.55 bits per heavy atom. The minimum absolute atomic E-state index is 1.00. The van der Waals surface area contributed by atoms with Gasteiger partial charge < -0.3 is 13.6 Å². The summed E-state index contributed by atoms with van der Waals surface area (Å²) in [5.41, 5.74) is 0. The lowest BCUT2D eigenvalue weighted by molar-refractivity contribution is 0.198. The molecule has 0 atom stereocenters. The lowest BCUT2D eigenvalue weighted by atomic mass is 10.4. The summed E-state index contributed by atoms with van der Waals surface area (Å²) in [5.74, 6) is 0. The zero-order valence-corrected chi connectivity index (χ0v) is 8.79. The van der Waals surface area contributed by atoms with Crippen molar-refractivity contribution in [3.05, 3.63) is 0 Å². The third kappa shape index (κ3) is 8.00. The van der Waals surface area contributed by atoms with Crippen molar-refractivity contribution >= 4 is 9.28 Å². The topological polar surface area (TPSA) is 27.7 Å². The maximum atomic E-state index is 4.94. The summed E-state index contributed by atoms with van der Waals surface area (Å²) in [5, 5.41) is 0. The van der Waals surface area contributed by atoms with Gasteiger partial charge in [-0.3, -0.25) is 0 Å². The molecular formula is C7H18O3Si. The average Bonchev–Trinajstić information content (AvgIpc) is 2.60. The molecule has 1 aliphatic heterocycles. The highest BCUT2D eigenvalue weighted by Gasteiger charge is 1.95. The van der Waals surface area contributed by atoms with Gasteiger partial charge in [-0.25, -0.2) is 0 Å². The van der Waals surface area contributed by atoms with Crippen molar-refractivity contribution in [1.29, 1.82) is 0 Å². The van der Waals surface area contributed by atoms with Crippen molar-refractivity contribution in [2.45, 2.75) is 19.4 Å². The molecule has 0 bridgehead atoms. The smallest absolute Gasteiger partial charge is 0.317 e. The van der Waals surface area contributed by atoms with Gasteiger partial charge in [0.1, 0.15) is 0 Å². The van der Waals surface area contributed by atoms with Crippen molar-refractivity contribution in [2.24, 2.45) is 0 Å². The zero-order valence-electron chi connectivity index (χ0n) is 7.63. The summed E-state index contributed by atoms with van der Waals surface area (Å²) in [6, 6.07) is 0. The van der Waals surface area contributed by atoms with E-state index < -0.39 is 9.28 Å². The van der Waals surface area contributed by atoms with Crippen molar-refractivity contribution in [2.75, 3.05) is 27.4 Å². The lowest BCUT2D eigenvalue weighted by Gasteiger charge is -2.00. The third-order valence-corrected chi connectivity index (χ3v) is 2.82. The summed E-state index contributed by atoms with van der Waals surface area (Å²) in [6.45, 7) is 3.97. The van der Waals surface area contributed by atoms with Crippen LogP contribution in [-0.4, -0.2) is 36.7 Å². The molecule has 1 saturated heterocycles. The molecule has 68 valence electrons. The van der Waals surface area contributed by atoms with Crippen LogP contribution in [0.2, 0.25) is 6.55 Å². The summed E-state index contributed by atoms with van der Waals surface area (Å²) in [6.07, 6.45) is 2.56. The normalized spacial score (nSPS) is 16.4. The van der Waals surface area contributed by atoms with Gasteiger partial charge in [-0.2, -0.15) is 0 Å². The van der Waals surface area contributed by atoms with Gasteiger partial charge in [-0.15, -0.1) is 0 Å². The molecule has 0 unspecified atom stereocenters. The molecule has 0 radical (unpaired) electrons. The van der Waals surface area contributed by atoms with Crippen molar-refractivity contribution in [1.82, 2.24) is 0 Å². The van der Waals surface area contributed by atoms with Gasteiger partial charge in [-0.1, -0.05) is 0 Å².